The number of imidazole rings is 1. The minimum Gasteiger partial charge on any atom is -0.308 e. The topological polar surface area (TPSA) is 47.8 Å². The van der Waals surface area contributed by atoms with E-state index in [0.717, 1.165) is 11.5 Å². The number of fused-ring (bicyclic) bond motifs is 1. The predicted octanol–water partition coefficient (Wildman–Crippen LogP) is 3.32. The minimum atomic E-state index is -0.895. The van der Waals surface area contributed by atoms with Gasteiger partial charge in [-0.2, -0.15) is 0 Å². The van der Waals surface area contributed by atoms with Gasteiger partial charge in [-0.3, -0.25) is 4.21 Å². The van der Waals surface area contributed by atoms with Crippen LogP contribution >= 0.6 is 23.2 Å². The molecule has 2 aromatic rings. The molecule has 104 valence electrons. The Morgan fingerprint density at radius 1 is 1.47 bits per heavy atom. The molecule has 0 aliphatic rings. The van der Waals surface area contributed by atoms with Crippen LogP contribution in [0, 0.1) is 0 Å². The molecular weight excluding hydrogens is 305 g/mol. The Morgan fingerprint density at radius 2 is 2.16 bits per heavy atom. The third-order valence-corrected chi connectivity index (χ3v) is 4.15. The lowest BCUT2D eigenvalue weighted by atomic mass is 10.3. The molecule has 0 saturated heterocycles. The van der Waals surface area contributed by atoms with Gasteiger partial charge in [-0.05, 0) is 19.9 Å². The van der Waals surface area contributed by atoms with Gasteiger partial charge in [-0.25, -0.2) is 9.97 Å². The Labute approximate surface area is 124 Å². The van der Waals surface area contributed by atoms with Crippen molar-refractivity contribution in [2.45, 2.75) is 25.3 Å². The standard InChI is InChI=1S/C12H15Cl2N3OS/c1-7(6-19(3)18)17-11(8(2)13)16-10-4-9(14)5-15-12(10)17/h4-5,7-8H,6H2,1-3H3. The molecule has 0 aromatic carbocycles. The zero-order chi connectivity index (χ0) is 14.2. The molecule has 0 radical (unpaired) electrons. The zero-order valence-corrected chi connectivity index (χ0v) is 13.3. The van der Waals surface area contributed by atoms with Gasteiger partial charge < -0.3 is 4.57 Å². The lowest BCUT2D eigenvalue weighted by Crippen LogP contribution is -2.16. The Hall–Kier alpha value is -0.650. The highest BCUT2D eigenvalue weighted by Crippen LogP contribution is 2.28. The number of rotatable bonds is 4. The first-order valence-corrected chi connectivity index (χ1v) is 8.41. The molecule has 0 aliphatic carbocycles. The van der Waals surface area contributed by atoms with E-state index in [2.05, 4.69) is 9.97 Å². The smallest absolute Gasteiger partial charge is 0.160 e. The van der Waals surface area contributed by atoms with Crippen LogP contribution in [-0.4, -0.2) is 30.8 Å². The van der Waals surface area contributed by atoms with Crippen molar-refractivity contribution in [2.75, 3.05) is 12.0 Å². The summed E-state index contributed by atoms with van der Waals surface area (Å²) in [6.45, 7) is 3.85. The maximum atomic E-state index is 11.4. The summed E-state index contributed by atoms with van der Waals surface area (Å²) in [5.74, 6) is 1.26. The van der Waals surface area contributed by atoms with Crippen LogP contribution < -0.4 is 0 Å². The summed E-state index contributed by atoms with van der Waals surface area (Å²) >= 11 is 12.1. The van der Waals surface area contributed by atoms with E-state index in [1.807, 2.05) is 18.4 Å². The van der Waals surface area contributed by atoms with E-state index < -0.39 is 10.8 Å². The molecule has 0 spiro atoms. The molecule has 0 N–H and O–H groups in total. The molecule has 3 unspecified atom stereocenters. The number of hydrogen-bond acceptors (Lipinski definition) is 3. The maximum Gasteiger partial charge on any atom is 0.160 e. The summed E-state index contributed by atoms with van der Waals surface area (Å²) in [7, 11) is -0.895. The third-order valence-electron chi connectivity index (χ3n) is 2.80. The Morgan fingerprint density at radius 3 is 2.74 bits per heavy atom. The van der Waals surface area contributed by atoms with Crippen molar-refractivity contribution in [3.05, 3.63) is 23.1 Å². The number of halogens is 2. The monoisotopic (exact) mass is 319 g/mol. The Kier molecular flexibility index (Phi) is 4.48. The number of pyridine rings is 1. The van der Waals surface area contributed by atoms with Crippen molar-refractivity contribution < 1.29 is 4.21 Å². The fraction of sp³-hybridized carbons (Fsp3) is 0.500. The predicted molar refractivity (Wildman–Crippen MR) is 80.5 cm³/mol. The summed E-state index contributed by atoms with van der Waals surface area (Å²) in [6, 6.07) is 1.78. The number of alkyl halides is 1. The highest BCUT2D eigenvalue weighted by Gasteiger charge is 2.20. The SMILES string of the molecule is CC(Cl)c1nc2cc(Cl)cnc2n1C(C)CS(C)=O. The summed E-state index contributed by atoms with van der Waals surface area (Å²) in [5, 5.41) is 0.290. The van der Waals surface area contributed by atoms with Gasteiger partial charge in [0.1, 0.15) is 11.3 Å². The average Bonchev–Trinajstić information content (AvgIpc) is 2.66. The number of aromatic nitrogens is 3. The van der Waals surface area contributed by atoms with Gasteiger partial charge in [-0.15, -0.1) is 11.6 Å². The molecule has 0 aliphatic heterocycles. The van der Waals surface area contributed by atoms with E-state index in [-0.39, 0.29) is 11.4 Å². The average molecular weight is 320 g/mol. The molecule has 0 amide bonds. The van der Waals surface area contributed by atoms with Crippen LogP contribution in [-0.2, 0) is 10.8 Å². The second-order valence-corrected chi connectivity index (χ2v) is 7.11. The first-order chi connectivity index (χ1) is 8.90. The summed E-state index contributed by atoms with van der Waals surface area (Å²) in [6.07, 6.45) is 3.27. The first kappa shape index (κ1) is 14.8. The third kappa shape index (κ3) is 3.09. The summed E-state index contributed by atoms with van der Waals surface area (Å²) in [5.41, 5.74) is 1.44. The van der Waals surface area contributed by atoms with Crippen LogP contribution in [0.1, 0.15) is 31.1 Å². The van der Waals surface area contributed by atoms with E-state index in [1.165, 1.54) is 0 Å². The van der Waals surface area contributed by atoms with Crippen molar-refractivity contribution >= 4 is 45.2 Å². The highest BCUT2D eigenvalue weighted by molar-refractivity contribution is 7.84. The lowest BCUT2D eigenvalue weighted by molar-refractivity contribution is 0.579. The number of hydrogen-bond donors (Lipinski definition) is 0. The van der Waals surface area contributed by atoms with Crippen molar-refractivity contribution in [3.63, 3.8) is 0 Å². The maximum absolute atomic E-state index is 11.4. The molecule has 4 nitrogen and oxygen atoms in total. The van der Waals surface area contributed by atoms with Crippen molar-refractivity contribution in [3.8, 4) is 0 Å². The van der Waals surface area contributed by atoms with Gasteiger partial charge in [0.05, 0.1) is 10.4 Å². The number of nitrogens with zero attached hydrogens (tertiary/aromatic N) is 3. The largest absolute Gasteiger partial charge is 0.308 e. The van der Waals surface area contributed by atoms with Crippen molar-refractivity contribution in [2.24, 2.45) is 0 Å². The van der Waals surface area contributed by atoms with Gasteiger partial charge in [0.25, 0.3) is 0 Å². The Balaban J connectivity index is 2.61. The van der Waals surface area contributed by atoms with E-state index in [0.29, 0.717) is 16.3 Å². The summed E-state index contributed by atoms with van der Waals surface area (Å²) < 4.78 is 13.4. The van der Waals surface area contributed by atoms with E-state index >= 15 is 0 Å². The second kappa shape index (κ2) is 5.77. The van der Waals surface area contributed by atoms with Crippen LogP contribution in [0.4, 0.5) is 0 Å². The van der Waals surface area contributed by atoms with Crippen molar-refractivity contribution in [1.82, 2.24) is 14.5 Å². The molecule has 19 heavy (non-hydrogen) atoms. The molecule has 0 bridgehead atoms. The van der Waals surface area contributed by atoms with Crippen molar-refractivity contribution in [1.29, 1.82) is 0 Å². The first-order valence-electron chi connectivity index (χ1n) is 5.87. The molecule has 2 rings (SSSR count). The zero-order valence-electron chi connectivity index (χ0n) is 10.9. The minimum absolute atomic E-state index is 0.0145. The molecule has 7 heteroatoms. The fourth-order valence-electron chi connectivity index (χ4n) is 2.10. The summed E-state index contributed by atoms with van der Waals surface area (Å²) in [4.78, 5) is 8.81. The molecule has 0 saturated carbocycles. The van der Waals surface area contributed by atoms with Crippen LogP contribution in [0.5, 0.6) is 0 Å². The quantitative estimate of drug-likeness (QED) is 0.812. The molecule has 0 fully saturated rings. The molecule has 2 aromatic heterocycles. The van der Waals surface area contributed by atoms with Gasteiger partial charge >= 0.3 is 0 Å². The van der Waals surface area contributed by atoms with Gasteiger partial charge in [0.2, 0.25) is 0 Å². The van der Waals surface area contributed by atoms with Crippen LogP contribution in [0.3, 0.4) is 0 Å². The normalized spacial score (nSPS) is 16.5. The van der Waals surface area contributed by atoms with Crippen LogP contribution in [0.25, 0.3) is 11.2 Å². The highest BCUT2D eigenvalue weighted by atomic mass is 35.5. The van der Waals surface area contributed by atoms with E-state index in [4.69, 9.17) is 23.2 Å². The second-order valence-electron chi connectivity index (χ2n) is 4.54. The fourth-order valence-corrected chi connectivity index (χ4v) is 3.24. The molecule has 2 heterocycles. The molecular formula is C12H15Cl2N3OS. The van der Waals surface area contributed by atoms with E-state index in [9.17, 15) is 4.21 Å². The van der Waals surface area contributed by atoms with Gasteiger partial charge in [0.15, 0.2) is 5.65 Å². The lowest BCUT2D eigenvalue weighted by Gasteiger charge is -2.16. The molecule has 3 atom stereocenters. The Bertz CT molecular complexity index is 627. The van der Waals surface area contributed by atoms with Gasteiger partial charge in [-0.1, -0.05) is 11.6 Å². The van der Waals surface area contributed by atoms with E-state index in [1.54, 1.807) is 18.5 Å². The van der Waals surface area contributed by atoms with Crippen LogP contribution in [0.2, 0.25) is 5.02 Å². The van der Waals surface area contributed by atoms with Crippen LogP contribution in [0.15, 0.2) is 12.3 Å². The van der Waals surface area contributed by atoms with Gasteiger partial charge in [0, 0.05) is 35.0 Å².